The topological polar surface area (TPSA) is 52.0 Å². The standard InChI is InChI=1S/C6H10N2S/c1-2-3-5(7)4-6(8)9/h2,4H,1,3,7H2,(H2,8,9)/b5-4-. The van der Waals surface area contributed by atoms with Crippen LogP contribution in [0.2, 0.25) is 0 Å². The van der Waals surface area contributed by atoms with Gasteiger partial charge < -0.3 is 11.5 Å². The first-order valence-electron chi connectivity index (χ1n) is 2.53. The van der Waals surface area contributed by atoms with Crippen molar-refractivity contribution in [2.45, 2.75) is 6.42 Å². The lowest BCUT2D eigenvalue weighted by Crippen LogP contribution is -2.07. The minimum absolute atomic E-state index is 0.314. The highest BCUT2D eigenvalue weighted by molar-refractivity contribution is 7.80. The summed E-state index contributed by atoms with van der Waals surface area (Å²) in [5, 5.41) is 0. The summed E-state index contributed by atoms with van der Waals surface area (Å²) in [6.45, 7) is 3.50. The molecule has 0 aromatic heterocycles. The van der Waals surface area contributed by atoms with Crippen LogP contribution in [-0.4, -0.2) is 4.99 Å². The minimum Gasteiger partial charge on any atom is -0.402 e. The summed E-state index contributed by atoms with van der Waals surface area (Å²) < 4.78 is 0. The Hall–Kier alpha value is -0.830. The van der Waals surface area contributed by atoms with Crippen LogP contribution in [0.1, 0.15) is 6.42 Å². The molecule has 0 saturated heterocycles. The van der Waals surface area contributed by atoms with Gasteiger partial charge in [-0.25, -0.2) is 0 Å². The number of allylic oxidation sites excluding steroid dienone is 1. The Labute approximate surface area is 60.2 Å². The summed E-state index contributed by atoms with van der Waals surface area (Å²) in [7, 11) is 0. The molecule has 0 rings (SSSR count). The van der Waals surface area contributed by atoms with Crippen LogP contribution in [0.4, 0.5) is 0 Å². The maximum absolute atomic E-state index is 5.41. The second kappa shape index (κ2) is 4.09. The summed E-state index contributed by atoms with van der Waals surface area (Å²) in [6, 6.07) is 0. The van der Waals surface area contributed by atoms with Crippen LogP contribution in [0.5, 0.6) is 0 Å². The molecule has 4 N–H and O–H groups in total. The van der Waals surface area contributed by atoms with Gasteiger partial charge >= 0.3 is 0 Å². The van der Waals surface area contributed by atoms with Crippen LogP contribution in [-0.2, 0) is 0 Å². The molecule has 0 bridgehead atoms. The maximum Gasteiger partial charge on any atom is 0.0979 e. The Bertz CT molecular complexity index is 149. The predicted molar refractivity (Wildman–Crippen MR) is 43.9 cm³/mol. The fraction of sp³-hybridized carbons (Fsp3) is 0.167. The number of nitrogens with two attached hydrogens (primary N) is 2. The van der Waals surface area contributed by atoms with Gasteiger partial charge in [-0.3, -0.25) is 0 Å². The summed E-state index contributed by atoms with van der Waals surface area (Å²) in [5.41, 5.74) is 11.2. The Kier molecular flexibility index (Phi) is 3.71. The smallest absolute Gasteiger partial charge is 0.0979 e. The monoisotopic (exact) mass is 142 g/mol. The van der Waals surface area contributed by atoms with Gasteiger partial charge in [0.2, 0.25) is 0 Å². The molecule has 3 heteroatoms. The molecule has 9 heavy (non-hydrogen) atoms. The van der Waals surface area contributed by atoms with Crippen molar-refractivity contribution in [2.75, 3.05) is 0 Å². The average molecular weight is 142 g/mol. The molecule has 0 atom stereocenters. The third-order valence-electron chi connectivity index (χ3n) is 0.708. The largest absolute Gasteiger partial charge is 0.402 e. The van der Waals surface area contributed by atoms with Crippen molar-refractivity contribution in [3.05, 3.63) is 24.4 Å². The van der Waals surface area contributed by atoms with E-state index in [0.29, 0.717) is 17.1 Å². The van der Waals surface area contributed by atoms with E-state index < -0.39 is 0 Å². The SMILES string of the molecule is C=CC/C(N)=C/C(N)=S. The van der Waals surface area contributed by atoms with Gasteiger partial charge in [0.05, 0.1) is 4.99 Å². The van der Waals surface area contributed by atoms with E-state index in [9.17, 15) is 0 Å². The van der Waals surface area contributed by atoms with Crippen LogP contribution >= 0.6 is 12.2 Å². The van der Waals surface area contributed by atoms with Gasteiger partial charge in [-0.05, 0) is 6.08 Å². The third-order valence-corrected chi connectivity index (χ3v) is 0.826. The van der Waals surface area contributed by atoms with Crippen molar-refractivity contribution >= 4 is 17.2 Å². The van der Waals surface area contributed by atoms with Crippen molar-refractivity contribution < 1.29 is 0 Å². The normalized spacial score (nSPS) is 10.9. The fourth-order valence-corrected chi connectivity index (χ4v) is 0.560. The molecule has 0 aliphatic heterocycles. The zero-order valence-electron chi connectivity index (χ0n) is 5.13. The van der Waals surface area contributed by atoms with E-state index in [1.807, 2.05) is 0 Å². The van der Waals surface area contributed by atoms with E-state index in [0.717, 1.165) is 0 Å². The van der Waals surface area contributed by atoms with Crippen LogP contribution in [0.15, 0.2) is 24.4 Å². The van der Waals surface area contributed by atoms with E-state index in [2.05, 4.69) is 18.8 Å². The number of hydrogen-bond donors (Lipinski definition) is 2. The molecule has 0 aromatic rings. The van der Waals surface area contributed by atoms with Crippen LogP contribution < -0.4 is 11.5 Å². The Morgan fingerprint density at radius 1 is 1.56 bits per heavy atom. The molecule has 0 heterocycles. The molecule has 0 saturated carbocycles. The number of rotatable bonds is 3. The molecular formula is C6H10N2S. The molecule has 0 amide bonds. The quantitative estimate of drug-likeness (QED) is 0.346. The van der Waals surface area contributed by atoms with Crippen LogP contribution in [0.25, 0.3) is 0 Å². The van der Waals surface area contributed by atoms with Crippen molar-refractivity contribution in [2.24, 2.45) is 11.5 Å². The highest BCUT2D eigenvalue weighted by Gasteiger charge is 1.84. The van der Waals surface area contributed by atoms with Gasteiger partial charge in [-0.1, -0.05) is 18.3 Å². The van der Waals surface area contributed by atoms with E-state index in [1.54, 1.807) is 12.2 Å². The summed E-state index contributed by atoms with van der Waals surface area (Å²) in [5.74, 6) is 0. The number of thiocarbonyl (C=S) groups is 1. The molecule has 2 nitrogen and oxygen atoms in total. The van der Waals surface area contributed by atoms with Crippen LogP contribution in [0.3, 0.4) is 0 Å². The highest BCUT2D eigenvalue weighted by Crippen LogP contribution is 1.91. The highest BCUT2D eigenvalue weighted by atomic mass is 32.1. The van der Waals surface area contributed by atoms with E-state index >= 15 is 0 Å². The molecule has 0 aliphatic rings. The van der Waals surface area contributed by atoms with E-state index in [4.69, 9.17) is 11.5 Å². The van der Waals surface area contributed by atoms with E-state index in [-0.39, 0.29) is 0 Å². The van der Waals surface area contributed by atoms with Crippen molar-refractivity contribution in [1.82, 2.24) is 0 Å². The molecule has 0 radical (unpaired) electrons. The van der Waals surface area contributed by atoms with E-state index in [1.165, 1.54) is 0 Å². The van der Waals surface area contributed by atoms with Gasteiger partial charge in [-0.15, -0.1) is 6.58 Å². The van der Waals surface area contributed by atoms with Crippen LogP contribution in [0, 0.1) is 0 Å². The zero-order valence-corrected chi connectivity index (χ0v) is 5.95. The van der Waals surface area contributed by atoms with Crippen molar-refractivity contribution in [3.8, 4) is 0 Å². The second-order valence-electron chi connectivity index (χ2n) is 1.61. The molecule has 0 aromatic carbocycles. The Balaban J connectivity index is 3.83. The number of hydrogen-bond acceptors (Lipinski definition) is 2. The Morgan fingerprint density at radius 3 is 2.44 bits per heavy atom. The molecule has 50 valence electrons. The maximum atomic E-state index is 5.41. The summed E-state index contributed by atoms with van der Waals surface area (Å²) in [6.07, 6.45) is 3.89. The summed E-state index contributed by atoms with van der Waals surface area (Å²) >= 11 is 4.57. The molecule has 0 aliphatic carbocycles. The Morgan fingerprint density at radius 2 is 2.11 bits per heavy atom. The third kappa shape index (κ3) is 5.03. The zero-order chi connectivity index (χ0) is 7.28. The fourth-order valence-electron chi connectivity index (χ4n) is 0.408. The minimum atomic E-state index is 0.314. The summed E-state index contributed by atoms with van der Waals surface area (Å²) in [4.78, 5) is 0.314. The van der Waals surface area contributed by atoms with Gasteiger partial charge in [0.15, 0.2) is 0 Å². The van der Waals surface area contributed by atoms with Crippen molar-refractivity contribution in [3.63, 3.8) is 0 Å². The van der Waals surface area contributed by atoms with Gasteiger partial charge in [0.1, 0.15) is 0 Å². The molecule has 0 fully saturated rings. The molecule has 0 spiro atoms. The van der Waals surface area contributed by atoms with Gasteiger partial charge in [0, 0.05) is 12.1 Å². The first-order valence-corrected chi connectivity index (χ1v) is 2.94. The molecular weight excluding hydrogens is 132 g/mol. The second-order valence-corrected chi connectivity index (χ2v) is 2.09. The van der Waals surface area contributed by atoms with Gasteiger partial charge in [0.25, 0.3) is 0 Å². The lowest BCUT2D eigenvalue weighted by Gasteiger charge is -1.92. The lowest BCUT2D eigenvalue weighted by molar-refractivity contribution is 1.18. The van der Waals surface area contributed by atoms with Gasteiger partial charge in [-0.2, -0.15) is 0 Å². The first kappa shape index (κ1) is 8.17. The lowest BCUT2D eigenvalue weighted by atomic mass is 10.3. The average Bonchev–Trinajstić information content (AvgIpc) is 1.63. The molecule has 0 unspecified atom stereocenters. The van der Waals surface area contributed by atoms with Crippen molar-refractivity contribution in [1.29, 1.82) is 0 Å². The first-order chi connectivity index (χ1) is 4.16. The predicted octanol–water partition coefficient (Wildman–Crippen LogP) is 0.691.